The smallest absolute Gasteiger partial charge is 0.336 e. The van der Waals surface area contributed by atoms with E-state index >= 15 is 0 Å². The Balaban J connectivity index is 3.35. The lowest BCUT2D eigenvalue weighted by Gasteiger charge is -2.08. The number of hydrogen-bond donors (Lipinski definition) is 1. The van der Waals surface area contributed by atoms with Gasteiger partial charge in [0, 0.05) is 0 Å². The van der Waals surface area contributed by atoms with E-state index in [2.05, 4.69) is 0 Å². The first-order valence-electron chi connectivity index (χ1n) is 4.51. The van der Waals surface area contributed by atoms with Gasteiger partial charge in [0.05, 0.1) is 5.57 Å². The topological polar surface area (TPSA) is 37.3 Å². The summed E-state index contributed by atoms with van der Waals surface area (Å²) < 4.78 is 0. The predicted octanol–water partition coefficient (Wildman–Crippen LogP) is 2.87. The van der Waals surface area contributed by atoms with Crippen LogP contribution in [0.5, 0.6) is 0 Å². The molecule has 0 saturated carbocycles. The molecule has 2 nitrogen and oxygen atoms in total. The van der Waals surface area contributed by atoms with Crippen LogP contribution in [-0.4, -0.2) is 11.1 Å². The van der Waals surface area contributed by atoms with Crippen molar-refractivity contribution < 1.29 is 9.90 Å². The van der Waals surface area contributed by atoms with E-state index in [0.29, 0.717) is 5.57 Å². The van der Waals surface area contributed by atoms with Crippen LogP contribution >= 0.6 is 0 Å². The number of aliphatic carboxylic acids is 1. The molecule has 0 spiro atoms. The minimum absolute atomic E-state index is 0.406. The average Bonchev–Trinajstić information content (AvgIpc) is 2.07. The molecule has 1 aromatic rings. The van der Waals surface area contributed by atoms with Crippen molar-refractivity contribution in [3.63, 3.8) is 0 Å². The Labute approximate surface area is 83.9 Å². The summed E-state index contributed by atoms with van der Waals surface area (Å²) >= 11 is 0. The summed E-state index contributed by atoms with van der Waals surface area (Å²) in [7, 11) is 0. The van der Waals surface area contributed by atoms with E-state index in [1.165, 1.54) is 0 Å². The number of allylic oxidation sites excluding steroid dienone is 1. The van der Waals surface area contributed by atoms with Gasteiger partial charge in [0.25, 0.3) is 0 Å². The molecule has 0 unspecified atom stereocenters. The number of carboxylic acids is 1. The highest BCUT2D eigenvalue weighted by Crippen LogP contribution is 2.21. The Kier molecular flexibility index (Phi) is 3.07. The summed E-state index contributed by atoms with van der Waals surface area (Å²) in [6.07, 6.45) is 0. The zero-order valence-electron chi connectivity index (χ0n) is 8.66. The van der Waals surface area contributed by atoms with Crippen LogP contribution in [-0.2, 0) is 4.79 Å². The molecule has 0 radical (unpaired) electrons. The normalized spacial score (nSPS) is 9.64. The van der Waals surface area contributed by atoms with Gasteiger partial charge in [0.2, 0.25) is 0 Å². The molecule has 1 rings (SSSR count). The van der Waals surface area contributed by atoms with Gasteiger partial charge in [-0.2, -0.15) is 0 Å². The van der Waals surface area contributed by atoms with Gasteiger partial charge in [-0.05, 0) is 31.9 Å². The zero-order valence-corrected chi connectivity index (χ0v) is 8.66. The van der Waals surface area contributed by atoms with Crippen LogP contribution in [0.4, 0.5) is 0 Å². The lowest BCUT2D eigenvalue weighted by atomic mass is 9.97. The molecule has 0 saturated heterocycles. The summed E-state index contributed by atoms with van der Waals surface area (Å²) in [5.41, 5.74) is 3.03. The molecule has 0 bridgehead atoms. The molecule has 0 heterocycles. The highest BCUT2D eigenvalue weighted by Gasteiger charge is 2.13. The second-order valence-corrected chi connectivity index (χ2v) is 3.50. The SMILES string of the molecule is CC(C)=C(C(=O)O)c1ccccc1C. The molecule has 0 aromatic heterocycles. The molecular formula is C12H14O2. The molecule has 0 aliphatic heterocycles. The number of carboxylic acid groups (broad SMARTS) is 1. The standard InChI is InChI=1S/C12H14O2/c1-8(2)11(12(13)14)10-7-5-4-6-9(10)3/h4-7H,1-3H3,(H,13,14). The van der Waals surface area contributed by atoms with Crippen LogP contribution in [0.2, 0.25) is 0 Å². The molecule has 0 amide bonds. The zero-order chi connectivity index (χ0) is 10.7. The van der Waals surface area contributed by atoms with Crippen molar-refractivity contribution in [2.24, 2.45) is 0 Å². The van der Waals surface area contributed by atoms with E-state index in [9.17, 15) is 4.79 Å². The first-order valence-corrected chi connectivity index (χ1v) is 4.51. The number of aryl methyl sites for hydroxylation is 1. The fourth-order valence-corrected chi connectivity index (χ4v) is 1.45. The van der Waals surface area contributed by atoms with Gasteiger partial charge in [0.1, 0.15) is 0 Å². The predicted molar refractivity (Wildman–Crippen MR) is 57.1 cm³/mol. The second kappa shape index (κ2) is 4.09. The van der Waals surface area contributed by atoms with Crippen LogP contribution in [0.3, 0.4) is 0 Å². The van der Waals surface area contributed by atoms with Gasteiger partial charge in [-0.3, -0.25) is 0 Å². The van der Waals surface area contributed by atoms with E-state index in [1.807, 2.05) is 45.0 Å². The summed E-state index contributed by atoms with van der Waals surface area (Å²) in [6.45, 7) is 5.55. The lowest BCUT2D eigenvalue weighted by molar-refractivity contribution is -0.130. The van der Waals surface area contributed by atoms with Crippen LogP contribution in [0.25, 0.3) is 5.57 Å². The summed E-state index contributed by atoms with van der Waals surface area (Å²) in [5.74, 6) is -0.862. The summed E-state index contributed by atoms with van der Waals surface area (Å²) in [6, 6.07) is 7.52. The molecule has 0 aliphatic carbocycles. The van der Waals surface area contributed by atoms with E-state index in [1.54, 1.807) is 0 Å². The van der Waals surface area contributed by atoms with Crippen molar-refractivity contribution >= 4 is 11.5 Å². The Hall–Kier alpha value is -1.57. The maximum Gasteiger partial charge on any atom is 0.336 e. The fraction of sp³-hybridized carbons (Fsp3) is 0.250. The van der Waals surface area contributed by atoms with Gasteiger partial charge < -0.3 is 5.11 Å². The molecule has 0 fully saturated rings. The van der Waals surface area contributed by atoms with Gasteiger partial charge in [-0.15, -0.1) is 0 Å². The van der Waals surface area contributed by atoms with Gasteiger partial charge >= 0.3 is 5.97 Å². The molecule has 1 N–H and O–H groups in total. The van der Waals surface area contributed by atoms with E-state index in [0.717, 1.165) is 16.7 Å². The van der Waals surface area contributed by atoms with Crippen LogP contribution in [0.15, 0.2) is 29.8 Å². The fourth-order valence-electron chi connectivity index (χ4n) is 1.45. The number of benzene rings is 1. The van der Waals surface area contributed by atoms with Crippen molar-refractivity contribution in [1.82, 2.24) is 0 Å². The minimum Gasteiger partial charge on any atom is -0.478 e. The molecule has 1 aromatic carbocycles. The largest absolute Gasteiger partial charge is 0.478 e. The third-order valence-corrected chi connectivity index (χ3v) is 2.13. The lowest BCUT2D eigenvalue weighted by Crippen LogP contribution is -2.03. The second-order valence-electron chi connectivity index (χ2n) is 3.50. The number of carbonyl (C=O) groups is 1. The number of rotatable bonds is 2. The van der Waals surface area contributed by atoms with Crippen LogP contribution in [0.1, 0.15) is 25.0 Å². The van der Waals surface area contributed by atoms with E-state index < -0.39 is 5.97 Å². The van der Waals surface area contributed by atoms with Crippen LogP contribution in [0, 0.1) is 6.92 Å². The third-order valence-electron chi connectivity index (χ3n) is 2.13. The van der Waals surface area contributed by atoms with Crippen LogP contribution < -0.4 is 0 Å². The maximum atomic E-state index is 11.0. The average molecular weight is 190 g/mol. The molecule has 0 aliphatic rings. The Bertz CT molecular complexity index is 385. The quantitative estimate of drug-likeness (QED) is 0.728. The highest BCUT2D eigenvalue weighted by atomic mass is 16.4. The van der Waals surface area contributed by atoms with Crippen molar-refractivity contribution in [2.45, 2.75) is 20.8 Å². The maximum absolute atomic E-state index is 11.0. The molecular weight excluding hydrogens is 176 g/mol. The van der Waals surface area contributed by atoms with Crippen molar-refractivity contribution in [1.29, 1.82) is 0 Å². The first-order chi connectivity index (χ1) is 6.54. The Morgan fingerprint density at radius 3 is 2.21 bits per heavy atom. The van der Waals surface area contributed by atoms with Gasteiger partial charge in [-0.1, -0.05) is 29.8 Å². The molecule has 2 heteroatoms. The van der Waals surface area contributed by atoms with Crippen molar-refractivity contribution in [3.8, 4) is 0 Å². The Morgan fingerprint density at radius 1 is 1.21 bits per heavy atom. The summed E-state index contributed by atoms with van der Waals surface area (Å²) in [5, 5.41) is 9.06. The van der Waals surface area contributed by atoms with Gasteiger partial charge in [-0.25, -0.2) is 4.79 Å². The van der Waals surface area contributed by atoms with E-state index in [-0.39, 0.29) is 0 Å². The Morgan fingerprint density at radius 2 is 1.79 bits per heavy atom. The van der Waals surface area contributed by atoms with Gasteiger partial charge in [0.15, 0.2) is 0 Å². The monoisotopic (exact) mass is 190 g/mol. The molecule has 0 atom stereocenters. The number of hydrogen-bond acceptors (Lipinski definition) is 1. The molecule has 74 valence electrons. The van der Waals surface area contributed by atoms with E-state index in [4.69, 9.17) is 5.11 Å². The van der Waals surface area contributed by atoms with Crippen molar-refractivity contribution in [3.05, 3.63) is 41.0 Å². The third kappa shape index (κ3) is 2.02. The highest BCUT2D eigenvalue weighted by molar-refractivity contribution is 6.16. The minimum atomic E-state index is -0.862. The molecule has 14 heavy (non-hydrogen) atoms. The van der Waals surface area contributed by atoms with Crippen molar-refractivity contribution in [2.75, 3.05) is 0 Å². The summed E-state index contributed by atoms with van der Waals surface area (Å²) in [4.78, 5) is 11.0. The first kappa shape index (κ1) is 10.5.